The van der Waals surface area contributed by atoms with E-state index in [9.17, 15) is 9.90 Å². The van der Waals surface area contributed by atoms with Crippen molar-refractivity contribution in [3.05, 3.63) is 94.1 Å². The number of aromatic carboxylic acids is 1. The van der Waals surface area contributed by atoms with Gasteiger partial charge in [0.1, 0.15) is 12.4 Å². The number of hydrogen-bond donors (Lipinski definition) is 0. The maximum Gasteiger partial charge on any atom is 1.00 e. The van der Waals surface area contributed by atoms with Crippen LogP contribution < -0.4 is 39.4 Å². The van der Waals surface area contributed by atoms with E-state index in [0.29, 0.717) is 23.6 Å². The van der Waals surface area contributed by atoms with Gasteiger partial charge in [-0.2, -0.15) is 5.10 Å². The molecule has 0 spiro atoms. The van der Waals surface area contributed by atoms with Crippen LogP contribution in [0.1, 0.15) is 27.0 Å². The van der Waals surface area contributed by atoms with Crippen LogP contribution in [0.3, 0.4) is 0 Å². The molecular weight excluding hydrogens is 411 g/mol. The summed E-state index contributed by atoms with van der Waals surface area (Å²) in [7, 11) is 0. The van der Waals surface area contributed by atoms with Crippen molar-refractivity contribution in [2.75, 3.05) is 0 Å². The van der Waals surface area contributed by atoms with Gasteiger partial charge in [0, 0.05) is 27.1 Å². The third kappa shape index (κ3) is 4.71. The molecule has 0 amide bonds. The number of aromatic nitrogens is 2. The summed E-state index contributed by atoms with van der Waals surface area (Å²) >= 11 is 6.23. The normalized spacial score (nSPS) is 10.6. The molecule has 3 aromatic carbocycles. The van der Waals surface area contributed by atoms with Crippen LogP contribution in [0.15, 0.2) is 66.9 Å². The number of benzene rings is 3. The maximum atomic E-state index is 11.3. The summed E-state index contributed by atoms with van der Waals surface area (Å²) < 4.78 is 7.81. The van der Waals surface area contributed by atoms with Gasteiger partial charge in [0.15, 0.2) is 0 Å². The number of ether oxygens (including phenoxy) is 1. The quantitative estimate of drug-likeness (QED) is 0.430. The summed E-state index contributed by atoms with van der Waals surface area (Å²) in [5.41, 5.74) is 3.81. The van der Waals surface area contributed by atoms with E-state index in [1.807, 2.05) is 55.5 Å². The predicted octanol–water partition coefficient (Wildman–Crippen LogP) is 0.993. The minimum Gasteiger partial charge on any atom is -0.545 e. The molecule has 146 valence electrons. The standard InChI is InChI=1S/C23H19ClN2O3.Na/c1-15-9-10-22(29-14-16-5-2-3-7-20(16)24)17(11-15)13-26-21-8-4-6-18(23(27)28)19(21)12-25-26;/h2-12H,13-14H2,1H3,(H,27,28);/q;+1/p-1. The number of halogens is 1. The van der Waals surface area contributed by atoms with Crippen molar-refractivity contribution in [1.29, 1.82) is 0 Å². The minimum absolute atomic E-state index is 0. The molecule has 0 radical (unpaired) electrons. The van der Waals surface area contributed by atoms with E-state index in [-0.39, 0.29) is 35.1 Å². The van der Waals surface area contributed by atoms with Crippen molar-refractivity contribution >= 4 is 28.5 Å². The van der Waals surface area contributed by atoms with Crippen LogP contribution in [0.25, 0.3) is 10.9 Å². The Morgan fingerprint density at radius 1 is 1.10 bits per heavy atom. The summed E-state index contributed by atoms with van der Waals surface area (Å²) in [6, 6.07) is 18.6. The van der Waals surface area contributed by atoms with Gasteiger partial charge in [0.25, 0.3) is 0 Å². The van der Waals surface area contributed by atoms with Gasteiger partial charge in [-0.05, 0) is 25.1 Å². The van der Waals surface area contributed by atoms with Crippen LogP contribution in [0.5, 0.6) is 5.75 Å². The van der Waals surface area contributed by atoms with Crippen molar-refractivity contribution in [3.63, 3.8) is 0 Å². The second-order valence-corrected chi connectivity index (χ2v) is 7.23. The topological polar surface area (TPSA) is 67.2 Å². The van der Waals surface area contributed by atoms with E-state index < -0.39 is 5.97 Å². The summed E-state index contributed by atoms with van der Waals surface area (Å²) in [6.07, 6.45) is 1.56. The zero-order valence-electron chi connectivity index (χ0n) is 16.8. The van der Waals surface area contributed by atoms with Gasteiger partial charge >= 0.3 is 29.6 Å². The predicted molar refractivity (Wildman–Crippen MR) is 110 cm³/mol. The first kappa shape index (κ1) is 22.4. The van der Waals surface area contributed by atoms with Crippen molar-refractivity contribution in [3.8, 4) is 5.75 Å². The number of nitrogens with zero attached hydrogens (tertiary/aromatic N) is 2. The first-order valence-electron chi connectivity index (χ1n) is 9.14. The summed E-state index contributed by atoms with van der Waals surface area (Å²) in [6.45, 7) is 2.81. The molecule has 0 saturated carbocycles. The number of aryl methyl sites for hydroxylation is 1. The first-order chi connectivity index (χ1) is 14.0. The Kier molecular flexibility index (Phi) is 7.21. The molecule has 1 heterocycles. The van der Waals surface area contributed by atoms with Gasteiger partial charge in [0.05, 0.1) is 24.2 Å². The van der Waals surface area contributed by atoms with E-state index in [2.05, 4.69) is 5.10 Å². The van der Waals surface area contributed by atoms with Crippen molar-refractivity contribution < 1.29 is 44.2 Å². The zero-order chi connectivity index (χ0) is 20.4. The Balaban J connectivity index is 0.00000256. The third-order valence-electron chi connectivity index (χ3n) is 4.78. The summed E-state index contributed by atoms with van der Waals surface area (Å²) in [5, 5.41) is 17.0. The Bertz CT molecular complexity index is 1210. The van der Waals surface area contributed by atoms with Crippen LogP contribution in [0.4, 0.5) is 0 Å². The fraction of sp³-hybridized carbons (Fsp3) is 0.130. The molecule has 30 heavy (non-hydrogen) atoms. The van der Waals surface area contributed by atoms with Gasteiger partial charge in [-0.1, -0.05) is 59.6 Å². The third-order valence-corrected chi connectivity index (χ3v) is 5.15. The number of carboxylic acid groups (broad SMARTS) is 1. The van der Waals surface area contributed by atoms with Crippen molar-refractivity contribution in [1.82, 2.24) is 9.78 Å². The molecule has 0 N–H and O–H groups in total. The molecule has 0 saturated heterocycles. The Hall–Kier alpha value is -2.31. The molecule has 5 nitrogen and oxygen atoms in total. The number of carboxylic acids is 1. The minimum atomic E-state index is -1.21. The van der Waals surface area contributed by atoms with Crippen LogP contribution in [0.2, 0.25) is 5.02 Å². The molecule has 4 aromatic rings. The number of carbonyl (C=O) groups is 1. The van der Waals surface area contributed by atoms with E-state index in [1.54, 1.807) is 16.9 Å². The van der Waals surface area contributed by atoms with Crippen molar-refractivity contribution in [2.45, 2.75) is 20.1 Å². The molecule has 0 fully saturated rings. The van der Waals surface area contributed by atoms with E-state index >= 15 is 0 Å². The van der Waals surface area contributed by atoms with Gasteiger partial charge in [-0.3, -0.25) is 4.68 Å². The van der Waals surface area contributed by atoms with E-state index in [4.69, 9.17) is 16.3 Å². The molecule has 7 heteroatoms. The van der Waals surface area contributed by atoms with E-state index in [1.165, 1.54) is 6.07 Å². The zero-order valence-corrected chi connectivity index (χ0v) is 19.5. The molecule has 4 rings (SSSR count). The summed E-state index contributed by atoms with van der Waals surface area (Å²) in [4.78, 5) is 11.3. The number of carbonyl (C=O) groups excluding carboxylic acids is 1. The number of fused-ring (bicyclic) bond motifs is 1. The van der Waals surface area contributed by atoms with Gasteiger partial charge in [0.2, 0.25) is 0 Å². The SMILES string of the molecule is Cc1ccc(OCc2ccccc2Cl)c(Cn2ncc3c(C(=O)[O-])cccc32)c1.[Na+]. The van der Waals surface area contributed by atoms with Crippen molar-refractivity contribution in [2.24, 2.45) is 0 Å². The number of rotatable bonds is 6. The molecule has 0 aliphatic carbocycles. The molecule has 0 aliphatic heterocycles. The van der Waals surface area contributed by atoms with Gasteiger partial charge in [-0.25, -0.2) is 0 Å². The van der Waals surface area contributed by atoms with Gasteiger partial charge in [-0.15, -0.1) is 0 Å². The molecule has 0 unspecified atom stereocenters. The van der Waals surface area contributed by atoms with E-state index in [0.717, 1.165) is 28.0 Å². The second kappa shape index (κ2) is 9.67. The molecule has 0 aliphatic rings. The first-order valence-corrected chi connectivity index (χ1v) is 9.52. The summed E-state index contributed by atoms with van der Waals surface area (Å²) in [5.74, 6) is -0.482. The number of hydrogen-bond acceptors (Lipinski definition) is 4. The van der Waals surface area contributed by atoms with Crippen LogP contribution in [0, 0.1) is 6.92 Å². The average Bonchev–Trinajstić information content (AvgIpc) is 3.11. The smallest absolute Gasteiger partial charge is 0.545 e. The molecule has 0 bridgehead atoms. The Morgan fingerprint density at radius 3 is 2.67 bits per heavy atom. The van der Waals surface area contributed by atoms with Crippen LogP contribution in [-0.4, -0.2) is 15.7 Å². The van der Waals surface area contributed by atoms with Crippen LogP contribution >= 0.6 is 11.6 Å². The molecule has 1 aromatic heterocycles. The molecular formula is C23H18ClN2NaO3. The molecule has 0 atom stereocenters. The fourth-order valence-corrected chi connectivity index (χ4v) is 3.50. The second-order valence-electron chi connectivity index (χ2n) is 6.82. The Morgan fingerprint density at radius 2 is 1.90 bits per heavy atom. The van der Waals surface area contributed by atoms with Gasteiger partial charge < -0.3 is 14.6 Å². The maximum absolute atomic E-state index is 11.3. The Labute approximate surface area is 201 Å². The van der Waals surface area contributed by atoms with Crippen LogP contribution in [-0.2, 0) is 13.2 Å². The monoisotopic (exact) mass is 428 g/mol. The largest absolute Gasteiger partial charge is 1.00 e. The average molecular weight is 429 g/mol. The fourth-order valence-electron chi connectivity index (χ4n) is 3.31.